The lowest BCUT2D eigenvalue weighted by atomic mass is 9.97. The van der Waals surface area contributed by atoms with Crippen molar-refractivity contribution in [2.75, 3.05) is 13.6 Å². The van der Waals surface area contributed by atoms with Gasteiger partial charge in [0.15, 0.2) is 11.8 Å². The van der Waals surface area contributed by atoms with Gasteiger partial charge in [-0.25, -0.2) is 4.99 Å². The lowest BCUT2D eigenvalue weighted by Gasteiger charge is -2.22. The Balaban J connectivity index is 0.00000312. The van der Waals surface area contributed by atoms with Crippen LogP contribution in [0.1, 0.15) is 45.0 Å². The standard InChI is InChI=1S/C18H27N5O.HI/c1-6-19-17(23(5)13-14-10-8-7-9-11-14)20-12-15-21-16(24-22-15)18(2,3)4;/h7-11H,6,12-13H2,1-5H3,(H,19,20);1H. The topological polar surface area (TPSA) is 66.5 Å². The fourth-order valence-electron chi connectivity index (χ4n) is 2.17. The summed E-state index contributed by atoms with van der Waals surface area (Å²) in [5, 5.41) is 7.32. The molecule has 25 heavy (non-hydrogen) atoms. The van der Waals surface area contributed by atoms with Crippen molar-refractivity contribution in [1.29, 1.82) is 0 Å². The molecule has 0 saturated carbocycles. The molecule has 1 aromatic carbocycles. The van der Waals surface area contributed by atoms with Gasteiger partial charge in [0.1, 0.15) is 6.54 Å². The van der Waals surface area contributed by atoms with Gasteiger partial charge in [0, 0.05) is 25.6 Å². The number of aromatic nitrogens is 2. The molecule has 0 aliphatic carbocycles. The van der Waals surface area contributed by atoms with Gasteiger partial charge in [0.05, 0.1) is 0 Å². The summed E-state index contributed by atoms with van der Waals surface area (Å²) in [7, 11) is 2.02. The molecule has 0 fully saturated rings. The highest BCUT2D eigenvalue weighted by molar-refractivity contribution is 14.0. The third kappa shape index (κ3) is 6.64. The Morgan fingerprint density at radius 2 is 1.92 bits per heavy atom. The van der Waals surface area contributed by atoms with E-state index in [1.54, 1.807) is 0 Å². The van der Waals surface area contributed by atoms with Crippen LogP contribution in [0.25, 0.3) is 0 Å². The Morgan fingerprint density at radius 3 is 2.48 bits per heavy atom. The molecule has 0 unspecified atom stereocenters. The van der Waals surface area contributed by atoms with Gasteiger partial charge in [-0.05, 0) is 12.5 Å². The Hall–Kier alpha value is -1.64. The molecular formula is C18H28IN5O. The zero-order valence-corrected chi connectivity index (χ0v) is 17.9. The quantitative estimate of drug-likeness (QED) is 0.423. The first-order chi connectivity index (χ1) is 11.4. The zero-order chi connectivity index (χ0) is 17.6. The summed E-state index contributed by atoms with van der Waals surface area (Å²) in [6.07, 6.45) is 0. The number of nitrogens with zero attached hydrogens (tertiary/aromatic N) is 4. The van der Waals surface area contributed by atoms with E-state index < -0.39 is 0 Å². The Bertz CT molecular complexity index is 664. The highest BCUT2D eigenvalue weighted by atomic mass is 127. The number of halogens is 1. The molecule has 0 bridgehead atoms. The van der Waals surface area contributed by atoms with Crippen LogP contribution in [0.4, 0.5) is 0 Å². The maximum atomic E-state index is 5.31. The first-order valence-corrected chi connectivity index (χ1v) is 8.26. The van der Waals surface area contributed by atoms with E-state index in [9.17, 15) is 0 Å². The largest absolute Gasteiger partial charge is 0.357 e. The summed E-state index contributed by atoms with van der Waals surface area (Å²) in [5.41, 5.74) is 1.09. The van der Waals surface area contributed by atoms with Crippen molar-refractivity contribution >= 4 is 29.9 Å². The Kier molecular flexibility index (Phi) is 8.34. The molecule has 0 aliphatic rings. The average molecular weight is 457 g/mol. The second-order valence-electron chi connectivity index (χ2n) is 6.78. The van der Waals surface area contributed by atoms with Gasteiger partial charge in [-0.3, -0.25) is 0 Å². The molecule has 0 atom stereocenters. The minimum Gasteiger partial charge on any atom is -0.357 e. The second-order valence-corrected chi connectivity index (χ2v) is 6.78. The van der Waals surface area contributed by atoms with E-state index in [-0.39, 0.29) is 29.4 Å². The van der Waals surface area contributed by atoms with Crippen LogP contribution >= 0.6 is 24.0 Å². The van der Waals surface area contributed by atoms with E-state index in [4.69, 9.17) is 4.52 Å². The molecule has 2 rings (SSSR count). The fraction of sp³-hybridized carbons (Fsp3) is 0.500. The highest BCUT2D eigenvalue weighted by Crippen LogP contribution is 2.19. The lowest BCUT2D eigenvalue weighted by molar-refractivity contribution is 0.318. The predicted octanol–water partition coefficient (Wildman–Crippen LogP) is 3.58. The number of benzene rings is 1. The zero-order valence-electron chi connectivity index (χ0n) is 15.6. The predicted molar refractivity (Wildman–Crippen MR) is 111 cm³/mol. The third-order valence-electron chi connectivity index (χ3n) is 3.44. The van der Waals surface area contributed by atoms with Crippen LogP contribution in [0.15, 0.2) is 39.8 Å². The normalized spacial score (nSPS) is 11.8. The van der Waals surface area contributed by atoms with Crippen molar-refractivity contribution < 1.29 is 4.52 Å². The molecule has 138 valence electrons. The molecule has 2 aromatic rings. The lowest BCUT2D eigenvalue weighted by Crippen LogP contribution is -2.38. The van der Waals surface area contributed by atoms with Crippen molar-refractivity contribution in [2.24, 2.45) is 4.99 Å². The number of guanidine groups is 1. The maximum Gasteiger partial charge on any atom is 0.232 e. The Morgan fingerprint density at radius 1 is 1.24 bits per heavy atom. The van der Waals surface area contributed by atoms with Crippen LogP contribution in [0, 0.1) is 0 Å². The van der Waals surface area contributed by atoms with Crippen molar-refractivity contribution in [3.8, 4) is 0 Å². The number of nitrogens with one attached hydrogen (secondary N) is 1. The number of rotatable bonds is 5. The third-order valence-corrected chi connectivity index (χ3v) is 3.44. The van der Waals surface area contributed by atoms with Crippen LogP contribution < -0.4 is 5.32 Å². The second kappa shape index (κ2) is 9.74. The van der Waals surface area contributed by atoms with E-state index in [1.807, 2.05) is 46.0 Å². The molecule has 0 spiro atoms. The van der Waals surface area contributed by atoms with E-state index in [1.165, 1.54) is 5.56 Å². The van der Waals surface area contributed by atoms with E-state index in [0.29, 0.717) is 18.3 Å². The molecular weight excluding hydrogens is 429 g/mol. The number of hydrogen-bond donors (Lipinski definition) is 1. The first-order valence-electron chi connectivity index (χ1n) is 8.26. The van der Waals surface area contributed by atoms with Crippen LogP contribution in [-0.2, 0) is 18.5 Å². The monoisotopic (exact) mass is 457 g/mol. The van der Waals surface area contributed by atoms with Gasteiger partial charge in [0.25, 0.3) is 0 Å². The van der Waals surface area contributed by atoms with Gasteiger partial charge in [-0.1, -0.05) is 56.3 Å². The first kappa shape index (κ1) is 21.4. The van der Waals surface area contributed by atoms with Crippen LogP contribution in [0.3, 0.4) is 0 Å². The van der Waals surface area contributed by atoms with Crippen LogP contribution in [0.2, 0.25) is 0 Å². The summed E-state index contributed by atoms with van der Waals surface area (Å²) in [4.78, 5) is 11.1. The van der Waals surface area contributed by atoms with Gasteiger partial charge < -0.3 is 14.7 Å². The number of hydrogen-bond acceptors (Lipinski definition) is 4. The minimum atomic E-state index is -0.149. The number of aliphatic imine (C=N–C) groups is 1. The van der Waals surface area contributed by atoms with E-state index in [0.717, 1.165) is 19.0 Å². The van der Waals surface area contributed by atoms with E-state index in [2.05, 4.69) is 44.4 Å². The molecule has 0 amide bonds. The van der Waals surface area contributed by atoms with Crippen molar-refractivity contribution in [3.05, 3.63) is 47.6 Å². The van der Waals surface area contributed by atoms with Crippen LogP contribution in [0.5, 0.6) is 0 Å². The maximum absolute atomic E-state index is 5.31. The van der Waals surface area contributed by atoms with Crippen molar-refractivity contribution in [1.82, 2.24) is 20.4 Å². The highest BCUT2D eigenvalue weighted by Gasteiger charge is 2.21. The summed E-state index contributed by atoms with van der Waals surface area (Å²) in [6, 6.07) is 10.3. The smallest absolute Gasteiger partial charge is 0.232 e. The molecule has 1 aromatic heterocycles. The van der Waals surface area contributed by atoms with Crippen molar-refractivity contribution in [2.45, 2.75) is 46.2 Å². The van der Waals surface area contributed by atoms with Crippen LogP contribution in [-0.4, -0.2) is 34.6 Å². The van der Waals surface area contributed by atoms with Gasteiger partial charge in [0.2, 0.25) is 5.89 Å². The SMILES string of the molecule is CCNC(=NCc1noc(C(C)(C)C)n1)N(C)Cc1ccccc1.I. The summed E-state index contributed by atoms with van der Waals surface area (Å²) in [6.45, 7) is 10.2. The van der Waals surface area contributed by atoms with E-state index >= 15 is 0 Å². The minimum absolute atomic E-state index is 0. The fourth-order valence-corrected chi connectivity index (χ4v) is 2.17. The molecule has 0 aliphatic heterocycles. The molecule has 0 saturated heterocycles. The van der Waals surface area contributed by atoms with Gasteiger partial charge in [-0.2, -0.15) is 4.98 Å². The summed E-state index contributed by atoms with van der Waals surface area (Å²) >= 11 is 0. The summed E-state index contributed by atoms with van der Waals surface area (Å²) in [5.74, 6) is 2.06. The molecule has 6 nitrogen and oxygen atoms in total. The molecule has 1 heterocycles. The van der Waals surface area contributed by atoms with Gasteiger partial charge >= 0.3 is 0 Å². The molecule has 7 heteroatoms. The molecule has 1 N–H and O–H groups in total. The van der Waals surface area contributed by atoms with Crippen molar-refractivity contribution in [3.63, 3.8) is 0 Å². The Labute approximate surface area is 167 Å². The molecule has 0 radical (unpaired) electrons. The summed E-state index contributed by atoms with van der Waals surface area (Å²) < 4.78 is 5.31. The van der Waals surface area contributed by atoms with Gasteiger partial charge in [-0.15, -0.1) is 24.0 Å². The average Bonchev–Trinajstić information content (AvgIpc) is 3.01.